The summed E-state index contributed by atoms with van der Waals surface area (Å²) in [5.74, 6) is -0.204. The van der Waals surface area contributed by atoms with Crippen LogP contribution in [0.15, 0.2) is 72.0 Å². The van der Waals surface area contributed by atoms with Crippen molar-refractivity contribution < 1.29 is 4.79 Å². The molecule has 26 heavy (non-hydrogen) atoms. The summed E-state index contributed by atoms with van der Waals surface area (Å²) in [6.07, 6.45) is 5.33. The molecule has 0 bridgehead atoms. The molecule has 0 saturated heterocycles. The Morgan fingerprint density at radius 2 is 1.85 bits per heavy atom. The summed E-state index contributed by atoms with van der Waals surface area (Å²) in [7, 11) is 0. The predicted molar refractivity (Wildman–Crippen MR) is 98.3 cm³/mol. The van der Waals surface area contributed by atoms with Crippen LogP contribution in [0.25, 0.3) is 16.5 Å². The number of hydrogen-bond donors (Lipinski definition) is 2. The average Bonchev–Trinajstić information content (AvgIpc) is 3.20. The summed E-state index contributed by atoms with van der Waals surface area (Å²) in [4.78, 5) is 28.2. The Morgan fingerprint density at radius 3 is 2.58 bits per heavy atom. The van der Waals surface area contributed by atoms with Gasteiger partial charge in [-0.25, -0.2) is 10.1 Å². The smallest absolute Gasteiger partial charge is 0.272 e. The summed E-state index contributed by atoms with van der Waals surface area (Å²) in [6.45, 7) is 0. The molecule has 2 N–H and O–H groups in total. The molecule has 128 valence electrons. The second-order valence-electron chi connectivity index (χ2n) is 5.79. The molecule has 2 aromatic carbocycles. The lowest BCUT2D eigenvalue weighted by Gasteiger charge is -2.08. The zero-order valence-electron chi connectivity index (χ0n) is 13.7. The molecule has 2 heterocycles. The summed E-state index contributed by atoms with van der Waals surface area (Å²) in [5.41, 5.74) is 1.91. The molecule has 0 aliphatic rings. The Bertz CT molecular complexity index is 1110. The summed E-state index contributed by atoms with van der Waals surface area (Å²) >= 11 is 0. The monoisotopic (exact) mass is 345 g/mol. The summed E-state index contributed by atoms with van der Waals surface area (Å²) in [5, 5.41) is 10.5. The minimum atomic E-state index is -0.264. The van der Waals surface area contributed by atoms with Gasteiger partial charge in [-0.05, 0) is 30.3 Å². The van der Waals surface area contributed by atoms with Crippen LogP contribution in [0.2, 0.25) is 0 Å². The number of nitrogens with one attached hydrogen (secondary N) is 2. The Kier molecular flexibility index (Phi) is 4.03. The fourth-order valence-corrected chi connectivity index (χ4v) is 2.79. The van der Waals surface area contributed by atoms with Crippen LogP contribution in [0.5, 0.6) is 0 Å². The number of H-pyrrole nitrogens is 1. The molecule has 0 saturated carbocycles. The Balaban J connectivity index is 1.51. The van der Waals surface area contributed by atoms with Crippen molar-refractivity contribution in [3.8, 4) is 5.69 Å². The van der Waals surface area contributed by atoms with Crippen molar-refractivity contribution in [3.63, 3.8) is 0 Å². The zero-order chi connectivity index (χ0) is 17.9. The van der Waals surface area contributed by atoms with Crippen molar-refractivity contribution in [3.05, 3.63) is 83.3 Å². The van der Waals surface area contributed by atoms with E-state index in [1.54, 1.807) is 30.7 Å². The van der Waals surface area contributed by atoms with Gasteiger partial charge in [0.15, 0.2) is 0 Å². The molecule has 0 radical (unpaired) electrons. The van der Waals surface area contributed by atoms with E-state index in [1.165, 1.54) is 0 Å². The topological polar surface area (TPSA) is 92.7 Å². The highest BCUT2D eigenvalue weighted by Crippen LogP contribution is 2.15. The van der Waals surface area contributed by atoms with Crippen LogP contribution in [-0.2, 0) is 11.2 Å². The number of hydrogen-bond acceptors (Lipinski definition) is 4. The van der Waals surface area contributed by atoms with E-state index in [-0.39, 0.29) is 17.9 Å². The van der Waals surface area contributed by atoms with Crippen molar-refractivity contribution in [1.82, 2.24) is 19.7 Å². The highest BCUT2D eigenvalue weighted by atomic mass is 16.1. The Morgan fingerprint density at radius 1 is 1.08 bits per heavy atom. The normalized spacial score (nSPS) is 10.8. The van der Waals surface area contributed by atoms with E-state index < -0.39 is 0 Å². The van der Waals surface area contributed by atoms with Gasteiger partial charge < -0.3 is 9.88 Å². The van der Waals surface area contributed by atoms with Crippen LogP contribution < -0.4 is 10.9 Å². The van der Waals surface area contributed by atoms with Gasteiger partial charge >= 0.3 is 0 Å². The van der Waals surface area contributed by atoms with Gasteiger partial charge in [-0.2, -0.15) is 5.10 Å². The van der Waals surface area contributed by atoms with Gasteiger partial charge in [0.1, 0.15) is 0 Å². The van der Waals surface area contributed by atoms with Crippen LogP contribution in [0.3, 0.4) is 0 Å². The fourth-order valence-electron chi connectivity index (χ4n) is 2.79. The van der Waals surface area contributed by atoms with Crippen molar-refractivity contribution >= 4 is 22.4 Å². The molecular weight excluding hydrogens is 330 g/mol. The van der Waals surface area contributed by atoms with Gasteiger partial charge in [-0.1, -0.05) is 18.2 Å². The summed E-state index contributed by atoms with van der Waals surface area (Å²) < 4.78 is 1.88. The van der Waals surface area contributed by atoms with Crippen LogP contribution in [0.4, 0.5) is 5.69 Å². The van der Waals surface area contributed by atoms with E-state index in [2.05, 4.69) is 20.5 Å². The van der Waals surface area contributed by atoms with Gasteiger partial charge in [-0.15, -0.1) is 0 Å². The first-order valence-corrected chi connectivity index (χ1v) is 8.05. The maximum absolute atomic E-state index is 12.4. The zero-order valence-corrected chi connectivity index (χ0v) is 13.7. The molecule has 4 aromatic rings. The molecule has 0 fully saturated rings. The third-order valence-corrected chi connectivity index (χ3v) is 4.06. The van der Waals surface area contributed by atoms with E-state index in [1.807, 2.05) is 41.1 Å². The highest BCUT2D eigenvalue weighted by molar-refractivity contribution is 5.95. The van der Waals surface area contributed by atoms with E-state index in [9.17, 15) is 9.59 Å². The maximum atomic E-state index is 12.4. The van der Waals surface area contributed by atoms with E-state index >= 15 is 0 Å². The van der Waals surface area contributed by atoms with Crippen molar-refractivity contribution in [2.45, 2.75) is 6.42 Å². The lowest BCUT2D eigenvalue weighted by Crippen LogP contribution is -2.18. The molecule has 0 atom stereocenters. The van der Waals surface area contributed by atoms with Gasteiger partial charge in [-0.3, -0.25) is 9.59 Å². The minimum Gasteiger partial charge on any atom is -0.326 e. The lowest BCUT2D eigenvalue weighted by atomic mass is 10.1. The first-order chi connectivity index (χ1) is 12.7. The number of fused-ring (bicyclic) bond motifs is 1. The molecule has 7 heteroatoms. The molecule has 4 rings (SSSR count). The van der Waals surface area contributed by atoms with Crippen LogP contribution in [0, 0.1) is 0 Å². The number of aromatic amines is 1. The Labute approximate surface area is 148 Å². The maximum Gasteiger partial charge on any atom is 0.272 e. The Hall–Kier alpha value is -3.74. The number of aromatic nitrogens is 4. The van der Waals surface area contributed by atoms with Gasteiger partial charge in [0, 0.05) is 29.2 Å². The SMILES string of the molecule is O=C(Cc1n[nH]c(=O)c2ccccc12)Nc1ccc(-n2ccnc2)cc1. The van der Waals surface area contributed by atoms with Gasteiger partial charge in [0.05, 0.1) is 23.8 Å². The van der Waals surface area contributed by atoms with Crippen LogP contribution >= 0.6 is 0 Å². The fraction of sp³-hybridized carbons (Fsp3) is 0.0526. The average molecular weight is 345 g/mol. The molecule has 0 spiro atoms. The summed E-state index contributed by atoms with van der Waals surface area (Å²) in [6, 6.07) is 14.5. The quantitative estimate of drug-likeness (QED) is 0.593. The second kappa shape index (κ2) is 6.64. The van der Waals surface area contributed by atoms with Crippen molar-refractivity contribution in [2.24, 2.45) is 0 Å². The van der Waals surface area contributed by atoms with E-state index in [4.69, 9.17) is 0 Å². The number of amides is 1. The number of carbonyl (C=O) groups excluding carboxylic acids is 1. The third kappa shape index (κ3) is 3.10. The van der Waals surface area contributed by atoms with Crippen LogP contribution in [0.1, 0.15) is 5.69 Å². The number of carbonyl (C=O) groups is 1. The highest BCUT2D eigenvalue weighted by Gasteiger charge is 2.11. The standard InChI is InChI=1S/C19H15N5O2/c25-18(11-17-15-3-1-2-4-16(15)19(26)23-22-17)21-13-5-7-14(8-6-13)24-10-9-20-12-24/h1-10,12H,11H2,(H,21,25)(H,23,26). The molecule has 0 aliphatic carbocycles. The lowest BCUT2D eigenvalue weighted by molar-refractivity contribution is -0.115. The first kappa shape index (κ1) is 15.8. The van der Waals surface area contributed by atoms with Gasteiger partial charge in [0.25, 0.3) is 5.56 Å². The first-order valence-electron chi connectivity index (χ1n) is 8.05. The number of benzene rings is 2. The number of anilines is 1. The third-order valence-electron chi connectivity index (χ3n) is 4.06. The van der Waals surface area contributed by atoms with Crippen LogP contribution in [-0.4, -0.2) is 25.7 Å². The minimum absolute atomic E-state index is 0.0700. The molecule has 2 aromatic heterocycles. The number of rotatable bonds is 4. The molecule has 7 nitrogen and oxygen atoms in total. The second-order valence-corrected chi connectivity index (χ2v) is 5.79. The van der Waals surface area contributed by atoms with E-state index in [0.29, 0.717) is 22.2 Å². The number of imidazole rings is 1. The van der Waals surface area contributed by atoms with Gasteiger partial charge in [0.2, 0.25) is 5.91 Å². The van der Waals surface area contributed by atoms with Crippen molar-refractivity contribution in [1.29, 1.82) is 0 Å². The molecule has 1 amide bonds. The predicted octanol–water partition coefficient (Wildman–Crippen LogP) is 2.29. The molecular formula is C19H15N5O2. The largest absolute Gasteiger partial charge is 0.326 e. The number of nitrogens with zero attached hydrogens (tertiary/aromatic N) is 3. The molecule has 0 aliphatic heterocycles. The van der Waals surface area contributed by atoms with E-state index in [0.717, 1.165) is 5.69 Å². The molecule has 0 unspecified atom stereocenters. The van der Waals surface area contributed by atoms with Crippen molar-refractivity contribution in [2.75, 3.05) is 5.32 Å².